The molecule has 3 heteroatoms. The van der Waals surface area contributed by atoms with E-state index in [0.717, 1.165) is 13.1 Å². The first-order valence-corrected chi connectivity index (χ1v) is 8.17. The number of hydrogen-bond acceptors (Lipinski definition) is 3. The number of phenolic OH excluding ortho intramolecular Hbond substituents is 1. The van der Waals surface area contributed by atoms with E-state index in [1.54, 1.807) is 12.1 Å². The topological polar surface area (TPSA) is 35.5 Å². The Kier molecular flexibility index (Phi) is 5.15. The third-order valence-corrected chi connectivity index (χ3v) is 4.93. The normalized spacial score (nSPS) is 24.8. The number of nitrogens with one attached hydrogen (secondary N) is 1. The van der Waals surface area contributed by atoms with Crippen LogP contribution in [0.2, 0.25) is 0 Å². The maximum atomic E-state index is 9.41. The van der Waals surface area contributed by atoms with Crippen LogP contribution in [0.25, 0.3) is 0 Å². The summed E-state index contributed by atoms with van der Waals surface area (Å²) in [6.07, 6.45) is 3.93. The van der Waals surface area contributed by atoms with Crippen molar-refractivity contribution in [2.45, 2.75) is 46.1 Å². The number of benzene rings is 1. The Balaban J connectivity index is 2.07. The second kappa shape index (κ2) is 6.69. The number of hydrogen-bond donors (Lipinski definition) is 2. The lowest BCUT2D eigenvalue weighted by atomic mass is 9.67. The Morgan fingerprint density at radius 2 is 1.95 bits per heavy atom. The molecule has 21 heavy (non-hydrogen) atoms. The highest BCUT2D eigenvalue weighted by Crippen LogP contribution is 2.39. The Morgan fingerprint density at radius 1 is 1.29 bits per heavy atom. The van der Waals surface area contributed by atoms with Gasteiger partial charge in [0.15, 0.2) is 0 Å². The highest BCUT2D eigenvalue weighted by Gasteiger charge is 2.38. The van der Waals surface area contributed by atoms with E-state index >= 15 is 0 Å². The quantitative estimate of drug-likeness (QED) is 0.869. The van der Waals surface area contributed by atoms with Gasteiger partial charge in [-0.1, -0.05) is 27.2 Å². The molecule has 0 aliphatic heterocycles. The average Bonchev–Trinajstić information content (AvgIpc) is 2.43. The molecule has 1 fully saturated rings. The van der Waals surface area contributed by atoms with Gasteiger partial charge in [0.05, 0.1) is 0 Å². The lowest BCUT2D eigenvalue weighted by Crippen LogP contribution is -2.52. The van der Waals surface area contributed by atoms with Gasteiger partial charge in [-0.15, -0.1) is 0 Å². The van der Waals surface area contributed by atoms with Crippen LogP contribution in [-0.2, 0) is 0 Å². The molecule has 2 rings (SSSR count). The van der Waals surface area contributed by atoms with Crippen LogP contribution in [0.1, 0.15) is 40.0 Å². The van der Waals surface area contributed by atoms with E-state index < -0.39 is 0 Å². The predicted octanol–water partition coefficient (Wildman–Crippen LogP) is 3.63. The van der Waals surface area contributed by atoms with Gasteiger partial charge in [0, 0.05) is 25.3 Å². The first kappa shape index (κ1) is 16.2. The maximum absolute atomic E-state index is 9.41. The average molecular weight is 290 g/mol. The van der Waals surface area contributed by atoms with Crippen molar-refractivity contribution >= 4 is 5.69 Å². The molecule has 0 aromatic heterocycles. The van der Waals surface area contributed by atoms with Gasteiger partial charge in [-0.2, -0.15) is 0 Å². The largest absolute Gasteiger partial charge is 0.508 e. The van der Waals surface area contributed by atoms with Crippen LogP contribution in [0.3, 0.4) is 0 Å². The summed E-state index contributed by atoms with van der Waals surface area (Å²) in [5.41, 5.74) is 1.54. The van der Waals surface area contributed by atoms with Crippen molar-refractivity contribution < 1.29 is 5.11 Å². The van der Waals surface area contributed by atoms with Crippen LogP contribution in [0.5, 0.6) is 5.75 Å². The zero-order valence-electron chi connectivity index (χ0n) is 13.9. The molecule has 118 valence electrons. The molecule has 1 saturated carbocycles. The Labute approximate surface area is 129 Å². The minimum Gasteiger partial charge on any atom is -0.508 e. The standard InChI is InChI=1S/C18H30N2O/c1-5-19-17-14(7-6-12-18(17,2)3)13-20(4)15-8-10-16(21)11-9-15/h8-11,14,17,19,21H,5-7,12-13H2,1-4H3. The van der Waals surface area contributed by atoms with Crippen molar-refractivity contribution in [1.29, 1.82) is 0 Å². The van der Waals surface area contributed by atoms with Crippen LogP contribution in [0.4, 0.5) is 5.69 Å². The van der Waals surface area contributed by atoms with Crippen molar-refractivity contribution in [3.63, 3.8) is 0 Å². The fourth-order valence-electron chi connectivity index (χ4n) is 3.80. The molecule has 1 aliphatic carbocycles. The molecule has 1 aromatic carbocycles. The fourth-order valence-corrected chi connectivity index (χ4v) is 3.80. The number of phenols is 1. The first-order chi connectivity index (χ1) is 9.94. The lowest BCUT2D eigenvalue weighted by molar-refractivity contribution is 0.113. The van der Waals surface area contributed by atoms with Crippen molar-refractivity contribution in [2.75, 3.05) is 25.0 Å². The summed E-state index contributed by atoms with van der Waals surface area (Å²) in [6, 6.07) is 8.09. The van der Waals surface area contributed by atoms with E-state index in [4.69, 9.17) is 0 Å². The van der Waals surface area contributed by atoms with Crippen LogP contribution < -0.4 is 10.2 Å². The Morgan fingerprint density at radius 3 is 2.57 bits per heavy atom. The van der Waals surface area contributed by atoms with Gasteiger partial charge in [-0.05, 0) is 55.0 Å². The summed E-state index contributed by atoms with van der Waals surface area (Å²) in [5.74, 6) is 1.00. The van der Waals surface area contributed by atoms with Gasteiger partial charge in [-0.3, -0.25) is 0 Å². The molecule has 0 amide bonds. The summed E-state index contributed by atoms with van der Waals surface area (Å²) in [6.45, 7) is 9.09. The van der Waals surface area contributed by atoms with E-state index in [0.29, 0.717) is 23.1 Å². The second-order valence-corrected chi connectivity index (χ2v) is 7.07. The highest BCUT2D eigenvalue weighted by molar-refractivity contribution is 5.48. The van der Waals surface area contributed by atoms with E-state index in [9.17, 15) is 5.11 Å². The molecule has 2 N–H and O–H groups in total. The van der Waals surface area contributed by atoms with Crippen molar-refractivity contribution in [2.24, 2.45) is 11.3 Å². The highest BCUT2D eigenvalue weighted by atomic mass is 16.3. The molecule has 2 unspecified atom stereocenters. The van der Waals surface area contributed by atoms with E-state index in [-0.39, 0.29) is 0 Å². The maximum Gasteiger partial charge on any atom is 0.115 e. The summed E-state index contributed by atoms with van der Waals surface area (Å²) in [4.78, 5) is 2.32. The molecule has 1 aliphatic rings. The number of nitrogens with zero attached hydrogens (tertiary/aromatic N) is 1. The molecule has 0 radical (unpaired) electrons. The summed E-state index contributed by atoms with van der Waals surface area (Å²) >= 11 is 0. The van der Waals surface area contributed by atoms with Gasteiger partial charge in [0.2, 0.25) is 0 Å². The number of aromatic hydroxyl groups is 1. The molecular formula is C18H30N2O. The van der Waals surface area contributed by atoms with Crippen LogP contribution >= 0.6 is 0 Å². The zero-order chi connectivity index (χ0) is 15.5. The third kappa shape index (κ3) is 3.91. The molecule has 2 atom stereocenters. The lowest BCUT2D eigenvalue weighted by Gasteiger charge is -2.46. The summed E-state index contributed by atoms with van der Waals surface area (Å²) < 4.78 is 0. The monoisotopic (exact) mass is 290 g/mol. The molecule has 0 heterocycles. The van der Waals surface area contributed by atoms with E-state index in [1.807, 2.05) is 12.1 Å². The predicted molar refractivity (Wildman–Crippen MR) is 90.0 cm³/mol. The second-order valence-electron chi connectivity index (χ2n) is 7.07. The fraction of sp³-hybridized carbons (Fsp3) is 0.667. The van der Waals surface area contributed by atoms with Crippen LogP contribution in [0.15, 0.2) is 24.3 Å². The number of rotatable bonds is 5. The SMILES string of the molecule is CCNC1C(CN(C)c2ccc(O)cc2)CCCC1(C)C. The zero-order valence-corrected chi connectivity index (χ0v) is 13.9. The number of anilines is 1. The minimum atomic E-state index is 0.330. The Bertz CT molecular complexity index is 441. The first-order valence-electron chi connectivity index (χ1n) is 8.17. The van der Waals surface area contributed by atoms with Gasteiger partial charge < -0.3 is 15.3 Å². The minimum absolute atomic E-state index is 0.330. The van der Waals surface area contributed by atoms with Crippen molar-refractivity contribution in [3.8, 4) is 5.75 Å². The van der Waals surface area contributed by atoms with Gasteiger partial charge in [0.25, 0.3) is 0 Å². The molecule has 0 bridgehead atoms. The molecule has 0 saturated heterocycles. The van der Waals surface area contributed by atoms with E-state index in [1.165, 1.54) is 24.9 Å². The Hall–Kier alpha value is -1.22. The van der Waals surface area contributed by atoms with Crippen LogP contribution in [0, 0.1) is 11.3 Å². The van der Waals surface area contributed by atoms with Crippen molar-refractivity contribution in [3.05, 3.63) is 24.3 Å². The van der Waals surface area contributed by atoms with E-state index in [2.05, 4.69) is 38.0 Å². The molecular weight excluding hydrogens is 260 g/mol. The van der Waals surface area contributed by atoms with Gasteiger partial charge in [-0.25, -0.2) is 0 Å². The van der Waals surface area contributed by atoms with Crippen molar-refractivity contribution in [1.82, 2.24) is 5.32 Å². The van der Waals surface area contributed by atoms with Gasteiger partial charge in [0.1, 0.15) is 5.75 Å². The molecule has 1 aromatic rings. The molecule has 0 spiro atoms. The summed E-state index contributed by atoms with van der Waals surface area (Å²) in [7, 11) is 2.15. The third-order valence-electron chi connectivity index (χ3n) is 4.93. The van der Waals surface area contributed by atoms with Crippen LogP contribution in [-0.4, -0.2) is 31.3 Å². The summed E-state index contributed by atoms with van der Waals surface area (Å²) in [5, 5.41) is 13.1. The molecule has 3 nitrogen and oxygen atoms in total. The smallest absolute Gasteiger partial charge is 0.115 e. The van der Waals surface area contributed by atoms with Gasteiger partial charge >= 0.3 is 0 Å².